The fraction of sp³-hybridized carbons (Fsp3) is 0.867. The second-order valence-corrected chi connectivity index (χ2v) is 5.97. The number of amides is 2. The zero-order valence-corrected chi connectivity index (χ0v) is 12.4. The lowest BCUT2D eigenvalue weighted by Gasteiger charge is -2.41. The van der Waals surface area contributed by atoms with Crippen LogP contribution in [0.25, 0.3) is 0 Å². The number of aliphatic hydroxyl groups excluding tert-OH is 1. The zero-order valence-electron chi connectivity index (χ0n) is 12.4. The number of aliphatic hydroxyl groups is 1. The van der Waals surface area contributed by atoms with Gasteiger partial charge in [0.2, 0.25) is 11.8 Å². The normalized spacial score (nSPS) is 20.6. The third-order valence-electron chi connectivity index (χ3n) is 4.65. The first-order valence-electron chi connectivity index (χ1n) is 7.80. The molecule has 2 amide bonds. The van der Waals surface area contributed by atoms with E-state index in [1.54, 1.807) is 6.92 Å². The van der Waals surface area contributed by atoms with E-state index in [4.69, 9.17) is 5.11 Å². The summed E-state index contributed by atoms with van der Waals surface area (Å²) < 4.78 is 0. The molecule has 2 aliphatic rings. The Balaban J connectivity index is 1.89. The highest BCUT2D eigenvalue weighted by Gasteiger charge is 2.34. The fourth-order valence-corrected chi connectivity index (χ4v) is 3.09. The van der Waals surface area contributed by atoms with Crippen LogP contribution in [0, 0.1) is 5.92 Å². The van der Waals surface area contributed by atoms with E-state index in [0.29, 0.717) is 32.1 Å². The highest BCUT2D eigenvalue weighted by molar-refractivity contribution is 5.80. The van der Waals surface area contributed by atoms with Gasteiger partial charge in [0, 0.05) is 45.1 Å². The number of rotatable bonds is 5. The average Bonchev–Trinajstić information content (AvgIpc) is 2.40. The number of hydrogen-bond donors (Lipinski definition) is 1. The molecule has 1 saturated carbocycles. The monoisotopic (exact) mass is 282 g/mol. The minimum atomic E-state index is 0.0601. The molecule has 2 rings (SSSR count). The summed E-state index contributed by atoms with van der Waals surface area (Å²) in [6, 6.07) is 0.389. The number of carbonyl (C=O) groups is 2. The molecule has 1 N–H and O–H groups in total. The van der Waals surface area contributed by atoms with Gasteiger partial charge in [0.05, 0.1) is 0 Å². The molecule has 1 saturated heterocycles. The van der Waals surface area contributed by atoms with Crippen molar-refractivity contribution in [1.29, 1.82) is 0 Å². The summed E-state index contributed by atoms with van der Waals surface area (Å²) in [5.74, 6) is 0.406. The van der Waals surface area contributed by atoms with E-state index in [2.05, 4.69) is 0 Å². The van der Waals surface area contributed by atoms with Crippen LogP contribution in [0.2, 0.25) is 0 Å². The van der Waals surface area contributed by atoms with Crippen LogP contribution >= 0.6 is 0 Å². The van der Waals surface area contributed by atoms with Crippen LogP contribution in [0.5, 0.6) is 0 Å². The van der Waals surface area contributed by atoms with Gasteiger partial charge < -0.3 is 14.9 Å². The lowest BCUT2D eigenvalue weighted by molar-refractivity contribution is -0.143. The Morgan fingerprint density at radius 1 is 1.20 bits per heavy atom. The molecule has 114 valence electrons. The second kappa shape index (κ2) is 7.07. The van der Waals surface area contributed by atoms with Crippen LogP contribution in [-0.4, -0.2) is 59.0 Å². The molecule has 0 unspecified atom stereocenters. The van der Waals surface area contributed by atoms with Crippen LogP contribution in [-0.2, 0) is 9.59 Å². The smallest absolute Gasteiger partial charge is 0.226 e. The topological polar surface area (TPSA) is 60.9 Å². The number of likely N-dealkylation sites (tertiary alicyclic amines) is 1. The standard InChI is InChI=1S/C15H26N2O3/c1-12(19)16-9-6-13(7-10-16)15(20)17(8-3-11-18)14-4-2-5-14/h13-14,18H,2-11H2,1H3. The van der Waals surface area contributed by atoms with Gasteiger partial charge in [0.15, 0.2) is 0 Å². The minimum Gasteiger partial charge on any atom is -0.396 e. The number of nitrogens with zero attached hydrogens (tertiary/aromatic N) is 2. The van der Waals surface area contributed by atoms with E-state index >= 15 is 0 Å². The van der Waals surface area contributed by atoms with Crippen LogP contribution in [0.15, 0.2) is 0 Å². The quantitative estimate of drug-likeness (QED) is 0.818. The molecular formula is C15H26N2O3. The molecular weight excluding hydrogens is 256 g/mol. The lowest BCUT2D eigenvalue weighted by atomic mass is 9.88. The Morgan fingerprint density at radius 2 is 1.85 bits per heavy atom. The van der Waals surface area contributed by atoms with Crippen LogP contribution in [0.4, 0.5) is 0 Å². The predicted molar refractivity (Wildman–Crippen MR) is 76.0 cm³/mol. The van der Waals surface area contributed by atoms with Gasteiger partial charge in [-0.3, -0.25) is 9.59 Å². The maximum absolute atomic E-state index is 12.7. The van der Waals surface area contributed by atoms with Crippen LogP contribution in [0.1, 0.15) is 45.4 Å². The number of carbonyl (C=O) groups excluding carboxylic acids is 2. The van der Waals surface area contributed by atoms with Crippen molar-refractivity contribution in [2.45, 2.75) is 51.5 Å². The Bertz CT molecular complexity index is 347. The molecule has 5 nitrogen and oxygen atoms in total. The van der Waals surface area contributed by atoms with Gasteiger partial charge in [-0.2, -0.15) is 0 Å². The largest absolute Gasteiger partial charge is 0.396 e. The number of piperidine rings is 1. The van der Waals surface area contributed by atoms with Gasteiger partial charge in [-0.05, 0) is 38.5 Å². The summed E-state index contributed by atoms with van der Waals surface area (Å²) in [7, 11) is 0. The van der Waals surface area contributed by atoms with Gasteiger partial charge in [-0.1, -0.05) is 0 Å². The average molecular weight is 282 g/mol. The SMILES string of the molecule is CC(=O)N1CCC(C(=O)N(CCCO)C2CCC2)CC1. The Hall–Kier alpha value is -1.10. The highest BCUT2D eigenvalue weighted by atomic mass is 16.3. The first kappa shape index (κ1) is 15.3. The van der Waals surface area contributed by atoms with E-state index < -0.39 is 0 Å². The zero-order chi connectivity index (χ0) is 14.5. The Morgan fingerprint density at radius 3 is 2.30 bits per heavy atom. The summed E-state index contributed by atoms with van der Waals surface area (Å²) in [5, 5.41) is 8.99. The van der Waals surface area contributed by atoms with Gasteiger partial charge in [0.25, 0.3) is 0 Å². The molecule has 1 aliphatic heterocycles. The molecule has 0 atom stereocenters. The molecule has 1 heterocycles. The van der Waals surface area contributed by atoms with Crippen LogP contribution in [0.3, 0.4) is 0 Å². The van der Waals surface area contributed by atoms with Crippen molar-refractivity contribution in [3.8, 4) is 0 Å². The summed E-state index contributed by atoms with van der Waals surface area (Å²) in [6.07, 6.45) is 5.62. The molecule has 0 aromatic rings. The summed E-state index contributed by atoms with van der Waals surface area (Å²) >= 11 is 0. The van der Waals surface area contributed by atoms with Crippen molar-refractivity contribution in [3.63, 3.8) is 0 Å². The maximum atomic E-state index is 12.7. The van der Waals surface area contributed by atoms with E-state index in [1.165, 1.54) is 6.42 Å². The molecule has 0 aromatic heterocycles. The Kier molecular flexibility index (Phi) is 5.40. The van der Waals surface area contributed by atoms with E-state index in [0.717, 1.165) is 25.7 Å². The molecule has 2 fully saturated rings. The maximum Gasteiger partial charge on any atom is 0.226 e. The first-order chi connectivity index (χ1) is 9.63. The van der Waals surface area contributed by atoms with Crippen molar-refractivity contribution in [3.05, 3.63) is 0 Å². The van der Waals surface area contributed by atoms with Crippen molar-refractivity contribution in [2.24, 2.45) is 5.92 Å². The summed E-state index contributed by atoms with van der Waals surface area (Å²) in [5.41, 5.74) is 0. The van der Waals surface area contributed by atoms with Gasteiger partial charge in [-0.15, -0.1) is 0 Å². The summed E-state index contributed by atoms with van der Waals surface area (Å²) in [4.78, 5) is 27.8. The molecule has 0 aromatic carbocycles. The van der Waals surface area contributed by atoms with Crippen molar-refractivity contribution >= 4 is 11.8 Å². The molecule has 5 heteroatoms. The third kappa shape index (κ3) is 3.51. The van der Waals surface area contributed by atoms with Crippen molar-refractivity contribution < 1.29 is 14.7 Å². The predicted octanol–water partition coefficient (Wildman–Crippen LogP) is 1.01. The van der Waals surface area contributed by atoms with E-state index in [9.17, 15) is 9.59 Å². The minimum absolute atomic E-state index is 0.0601. The Labute approximate surface area is 120 Å². The van der Waals surface area contributed by atoms with Gasteiger partial charge >= 0.3 is 0 Å². The fourth-order valence-electron chi connectivity index (χ4n) is 3.09. The third-order valence-corrected chi connectivity index (χ3v) is 4.65. The van der Waals surface area contributed by atoms with Crippen LogP contribution < -0.4 is 0 Å². The molecule has 20 heavy (non-hydrogen) atoms. The molecule has 0 spiro atoms. The molecule has 1 aliphatic carbocycles. The number of hydrogen-bond acceptors (Lipinski definition) is 3. The first-order valence-corrected chi connectivity index (χ1v) is 7.80. The van der Waals surface area contributed by atoms with E-state index in [-0.39, 0.29) is 24.3 Å². The molecule has 0 bridgehead atoms. The highest BCUT2D eigenvalue weighted by Crippen LogP contribution is 2.28. The van der Waals surface area contributed by atoms with Crippen molar-refractivity contribution in [2.75, 3.05) is 26.2 Å². The van der Waals surface area contributed by atoms with Crippen molar-refractivity contribution in [1.82, 2.24) is 9.80 Å². The molecule has 0 radical (unpaired) electrons. The van der Waals surface area contributed by atoms with E-state index in [1.807, 2.05) is 9.80 Å². The van der Waals surface area contributed by atoms with Gasteiger partial charge in [0.1, 0.15) is 0 Å². The summed E-state index contributed by atoms with van der Waals surface area (Å²) in [6.45, 7) is 3.80. The van der Waals surface area contributed by atoms with Gasteiger partial charge in [-0.25, -0.2) is 0 Å². The second-order valence-electron chi connectivity index (χ2n) is 5.97. The lowest BCUT2D eigenvalue weighted by Crippen LogP contribution is -2.50.